The molecular formula is C9H12N4. The van der Waals surface area contributed by atoms with Gasteiger partial charge < -0.3 is 4.57 Å². The number of hydrogen-bond acceptors (Lipinski definition) is 3. The average molecular weight is 176 g/mol. The van der Waals surface area contributed by atoms with Crippen LogP contribution in [-0.2, 0) is 7.05 Å². The lowest BCUT2D eigenvalue weighted by molar-refractivity contribution is 0.854. The maximum absolute atomic E-state index is 5.63. The van der Waals surface area contributed by atoms with Crippen molar-refractivity contribution in [1.29, 1.82) is 0 Å². The molecule has 0 atom stereocenters. The number of aromatic nitrogens is 2. The van der Waals surface area contributed by atoms with E-state index in [1.807, 2.05) is 35.9 Å². The maximum Gasteiger partial charge on any atom is 0.220 e. The van der Waals surface area contributed by atoms with Crippen molar-refractivity contribution < 1.29 is 0 Å². The fourth-order valence-corrected chi connectivity index (χ4v) is 1.45. The molecule has 0 bridgehead atoms. The van der Waals surface area contributed by atoms with Crippen molar-refractivity contribution in [1.82, 2.24) is 9.55 Å². The van der Waals surface area contributed by atoms with E-state index in [9.17, 15) is 0 Å². The quantitative estimate of drug-likeness (QED) is 0.518. The van der Waals surface area contributed by atoms with Crippen LogP contribution in [0, 0.1) is 0 Å². The molecule has 0 aliphatic rings. The van der Waals surface area contributed by atoms with E-state index in [0.29, 0.717) is 0 Å². The normalized spacial score (nSPS) is 10.7. The fraction of sp³-hybridized carbons (Fsp3) is 0.222. The Morgan fingerprint density at radius 1 is 1.38 bits per heavy atom. The number of benzene rings is 1. The number of aryl methyl sites for hydroxylation is 1. The van der Waals surface area contributed by atoms with Gasteiger partial charge in [-0.15, -0.1) is 0 Å². The monoisotopic (exact) mass is 176 g/mol. The molecule has 13 heavy (non-hydrogen) atoms. The third-order valence-corrected chi connectivity index (χ3v) is 2.08. The minimum Gasteiger partial charge on any atom is -0.312 e. The first-order chi connectivity index (χ1) is 6.20. The van der Waals surface area contributed by atoms with Crippen molar-refractivity contribution >= 4 is 17.0 Å². The number of fused-ring (bicyclic) bond motifs is 1. The van der Waals surface area contributed by atoms with E-state index in [-0.39, 0.29) is 0 Å². The van der Waals surface area contributed by atoms with Gasteiger partial charge in [0.2, 0.25) is 5.95 Å². The number of anilines is 1. The maximum atomic E-state index is 5.63. The van der Waals surface area contributed by atoms with E-state index in [0.717, 1.165) is 17.0 Å². The second-order valence-corrected chi connectivity index (χ2v) is 3.07. The summed E-state index contributed by atoms with van der Waals surface area (Å²) >= 11 is 0. The van der Waals surface area contributed by atoms with Gasteiger partial charge >= 0.3 is 0 Å². The van der Waals surface area contributed by atoms with Gasteiger partial charge in [0, 0.05) is 14.1 Å². The molecule has 1 aromatic carbocycles. The van der Waals surface area contributed by atoms with Crippen molar-refractivity contribution in [2.24, 2.45) is 12.9 Å². The molecule has 0 spiro atoms. The number of nitrogens with zero attached hydrogens (tertiary/aromatic N) is 3. The highest BCUT2D eigenvalue weighted by atomic mass is 15.5. The van der Waals surface area contributed by atoms with Crippen LogP contribution in [-0.4, -0.2) is 16.6 Å². The van der Waals surface area contributed by atoms with Crippen LogP contribution >= 0.6 is 0 Å². The summed E-state index contributed by atoms with van der Waals surface area (Å²) < 4.78 is 1.97. The van der Waals surface area contributed by atoms with Gasteiger partial charge in [-0.05, 0) is 12.1 Å². The average Bonchev–Trinajstić information content (AvgIpc) is 2.45. The molecule has 0 amide bonds. The van der Waals surface area contributed by atoms with Crippen LogP contribution in [0.1, 0.15) is 0 Å². The van der Waals surface area contributed by atoms with Gasteiger partial charge in [-0.3, -0.25) is 5.01 Å². The van der Waals surface area contributed by atoms with Crippen LogP contribution in [0.15, 0.2) is 24.3 Å². The number of hydrazine groups is 1. The molecule has 2 aromatic rings. The molecule has 2 N–H and O–H groups in total. The highest BCUT2D eigenvalue weighted by molar-refractivity contribution is 5.78. The summed E-state index contributed by atoms with van der Waals surface area (Å²) in [5.74, 6) is 6.39. The molecule has 4 heteroatoms. The summed E-state index contributed by atoms with van der Waals surface area (Å²) in [6.07, 6.45) is 0. The molecular weight excluding hydrogens is 164 g/mol. The minimum absolute atomic E-state index is 0.765. The molecule has 0 fully saturated rings. The Bertz CT molecular complexity index is 430. The SMILES string of the molecule is CN(N)c1nc2ccccc2n1C. The van der Waals surface area contributed by atoms with Crippen molar-refractivity contribution in [3.63, 3.8) is 0 Å². The molecule has 0 saturated carbocycles. The van der Waals surface area contributed by atoms with Crippen LogP contribution < -0.4 is 10.9 Å². The van der Waals surface area contributed by atoms with Crippen molar-refractivity contribution in [2.75, 3.05) is 12.1 Å². The number of rotatable bonds is 1. The molecule has 1 aromatic heterocycles. The third-order valence-electron chi connectivity index (χ3n) is 2.08. The second-order valence-electron chi connectivity index (χ2n) is 3.07. The Labute approximate surface area is 76.6 Å². The standard InChI is InChI=1S/C9H12N4/c1-12-8-6-4-3-5-7(8)11-9(12)13(2)10/h3-6H,10H2,1-2H3. The molecule has 0 aliphatic heterocycles. The van der Waals surface area contributed by atoms with E-state index in [1.54, 1.807) is 7.05 Å². The van der Waals surface area contributed by atoms with Gasteiger partial charge in [0.25, 0.3) is 0 Å². The van der Waals surface area contributed by atoms with E-state index in [4.69, 9.17) is 5.84 Å². The minimum atomic E-state index is 0.765. The number of imidazole rings is 1. The van der Waals surface area contributed by atoms with Gasteiger partial charge in [0.05, 0.1) is 11.0 Å². The molecule has 0 saturated heterocycles. The van der Waals surface area contributed by atoms with E-state index in [2.05, 4.69) is 4.98 Å². The fourth-order valence-electron chi connectivity index (χ4n) is 1.45. The molecule has 1 heterocycles. The van der Waals surface area contributed by atoms with Gasteiger partial charge in [-0.2, -0.15) is 0 Å². The van der Waals surface area contributed by atoms with Gasteiger partial charge in [-0.1, -0.05) is 12.1 Å². The molecule has 0 aliphatic carbocycles. The van der Waals surface area contributed by atoms with Crippen LogP contribution in [0.2, 0.25) is 0 Å². The van der Waals surface area contributed by atoms with E-state index >= 15 is 0 Å². The van der Waals surface area contributed by atoms with Gasteiger partial charge in [0.1, 0.15) is 0 Å². The zero-order chi connectivity index (χ0) is 9.42. The van der Waals surface area contributed by atoms with E-state index in [1.165, 1.54) is 5.01 Å². The molecule has 4 nitrogen and oxygen atoms in total. The van der Waals surface area contributed by atoms with Gasteiger partial charge in [0.15, 0.2) is 0 Å². The zero-order valence-corrected chi connectivity index (χ0v) is 7.73. The first kappa shape index (κ1) is 8.07. The lowest BCUT2D eigenvalue weighted by atomic mass is 10.3. The molecule has 2 rings (SSSR count). The topological polar surface area (TPSA) is 47.1 Å². The zero-order valence-electron chi connectivity index (χ0n) is 7.73. The molecule has 68 valence electrons. The summed E-state index contributed by atoms with van der Waals surface area (Å²) in [7, 11) is 3.73. The predicted molar refractivity (Wildman–Crippen MR) is 53.3 cm³/mol. The molecule has 0 radical (unpaired) electrons. The summed E-state index contributed by atoms with van der Waals surface area (Å²) in [6, 6.07) is 7.96. The highest BCUT2D eigenvalue weighted by Gasteiger charge is 2.07. The van der Waals surface area contributed by atoms with Gasteiger partial charge in [-0.25, -0.2) is 10.8 Å². The first-order valence-corrected chi connectivity index (χ1v) is 4.10. The lowest BCUT2D eigenvalue weighted by Gasteiger charge is -2.10. The van der Waals surface area contributed by atoms with Crippen LogP contribution in [0.5, 0.6) is 0 Å². The number of para-hydroxylation sites is 2. The highest BCUT2D eigenvalue weighted by Crippen LogP contribution is 2.18. The largest absolute Gasteiger partial charge is 0.312 e. The number of hydrogen-bond donors (Lipinski definition) is 1. The van der Waals surface area contributed by atoms with Crippen molar-refractivity contribution in [2.45, 2.75) is 0 Å². The van der Waals surface area contributed by atoms with Crippen LogP contribution in [0.3, 0.4) is 0 Å². The van der Waals surface area contributed by atoms with Crippen LogP contribution in [0.25, 0.3) is 11.0 Å². The Balaban J connectivity index is 2.74. The summed E-state index contributed by atoms with van der Waals surface area (Å²) in [5, 5.41) is 1.51. The summed E-state index contributed by atoms with van der Waals surface area (Å²) in [6.45, 7) is 0. The third kappa shape index (κ3) is 1.15. The second kappa shape index (κ2) is 2.74. The van der Waals surface area contributed by atoms with Crippen molar-refractivity contribution in [3.8, 4) is 0 Å². The Morgan fingerprint density at radius 3 is 2.69 bits per heavy atom. The van der Waals surface area contributed by atoms with Crippen molar-refractivity contribution in [3.05, 3.63) is 24.3 Å². The first-order valence-electron chi connectivity index (χ1n) is 4.10. The van der Waals surface area contributed by atoms with Crippen LogP contribution in [0.4, 0.5) is 5.95 Å². The Kier molecular flexibility index (Phi) is 1.70. The van der Waals surface area contributed by atoms with E-state index < -0.39 is 0 Å². The molecule has 0 unspecified atom stereocenters. The smallest absolute Gasteiger partial charge is 0.220 e. The predicted octanol–water partition coefficient (Wildman–Crippen LogP) is 0.883. The lowest BCUT2D eigenvalue weighted by Crippen LogP contribution is -2.27. The summed E-state index contributed by atoms with van der Waals surface area (Å²) in [5.41, 5.74) is 2.06. The Morgan fingerprint density at radius 2 is 2.08 bits per heavy atom. The Hall–Kier alpha value is -1.55. The number of nitrogens with two attached hydrogens (primary N) is 1. The summed E-state index contributed by atoms with van der Waals surface area (Å²) in [4.78, 5) is 4.38.